The van der Waals surface area contributed by atoms with Crippen molar-refractivity contribution in [2.75, 3.05) is 11.9 Å². The largest absolute Gasteiger partial charge is 0.384 e. The lowest BCUT2D eigenvalue weighted by molar-refractivity contribution is 0.0931. The number of ketones is 1. The Morgan fingerprint density at radius 2 is 2.09 bits per heavy atom. The Bertz CT molecular complexity index is 693. The molecule has 2 heterocycles. The molecule has 0 amide bonds. The summed E-state index contributed by atoms with van der Waals surface area (Å²) in [5.41, 5.74) is 3.00. The Morgan fingerprint density at radius 3 is 2.78 bits per heavy atom. The van der Waals surface area contributed by atoms with E-state index in [0.29, 0.717) is 0 Å². The molecule has 1 aliphatic rings. The molecule has 124 valence electrons. The first-order chi connectivity index (χ1) is 11.1. The van der Waals surface area contributed by atoms with Gasteiger partial charge in [0, 0.05) is 28.6 Å². The van der Waals surface area contributed by atoms with Gasteiger partial charge in [-0.3, -0.25) is 4.79 Å². The van der Waals surface area contributed by atoms with Crippen LogP contribution in [0, 0.1) is 11.7 Å². The van der Waals surface area contributed by atoms with Crippen molar-refractivity contribution in [3.63, 3.8) is 0 Å². The number of carbonyl (C=O) groups excluding carboxylic acids is 1. The van der Waals surface area contributed by atoms with Crippen LogP contribution in [-0.2, 0) is 6.42 Å². The average Bonchev–Trinajstić information content (AvgIpc) is 2.92. The van der Waals surface area contributed by atoms with Crippen LogP contribution in [0.5, 0.6) is 0 Å². The highest BCUT2D eigenvalue weighted by atomic mass is 32.1. The first kappa shape index (κ1) is 17.7. The monoisotopic (exact) mass is 333 g/mol. The molecule has 1 atom stereocenters. The molecule has 0 saturated carbocycles. The SMILES string of the molecule is CC.CCC(C)C(=O)c1cc2c(s1)-c1ccc(F)cc1NCC2. The van der Waals surface area contributed by atoms with Crippen molar-refractivity contribution in [1.29, 1.82) is 0 Å². The van der Waals surface area contributed by atoms with Gasteiger partial charge in [0.1, 0.15) is 5.82 Å². The van der Waals surface area contributed by atoms with Crippen molar-refractivity contribution < 1.29 is 9.18 Å². The van der Waals surface area contributed by atoms with Gasteiger partial charge in [-0.2, -0.15) is 0 Å². The molecule has 0 fully saturated rings. The average molecular weight is 333 g/mol. The number of hydrogen-bond acceptors (Lipinski definition) is 3. The van der Waals surface area contributed by atoms with Gasteiger partial charge in [0.05, 0.1) is 4.88 Å². The predicted molar refractivity (Wildman–Crippen MR) is 97.0 cm³/mol. The van der Waals surface area contributed by atoms with E-state index < -0.39 is 0 Å². The molecule has 1 N–H and O–H groups in total. The maximum atomic E-state index is 13.4. The van der Waals surface area contributed by atoms with Crippen LogP contribution in [0.2, 0.25) is 0 Å². The van der Waals surface area contributed by atoms with Crippen LogP contribution in [0.4, 0.5) is 10.1 Å². The number of benzene rings is 1. The molecule has 1 unspecified atom stereocenters. The number of Topliss-reactive ketones (excluding diaryl/α,β-unsaturated/α-hetero) is 1. The molecule has 2 aromatic rings. The minimum atomic E-state index is -0.239. The fraction of sp³-hybridized carbons (Fsp3) is 0.421. The fourth-order valence-electron chi connectivity index (χ4n) is 2.58. The van der Waals surface area contributed by atoms with Crippen molar-refractivity contribution in [2.45, 2.75) is 40.5 Å². The quantitative estimate of drug-likeness (QED) is 0.722. The van der Waals surface area contributed by atoms with Gasteiger partial charge in [0.25, 0.3) is 0 Å². The lowest BCUT2D eigenvalue weighted by Gasteiger charge is -2.08. The highest BCUT2D eigenvalue weighted by Crippen LogP contribution is 2.40. The minimum absolute atomic E-state index is 0.0538. The Labute approximate surface area is 141 Å². The highest BCUT2D eigenvalue weighted by Gasteiger charge is 2.22. The van der Waals surface area contributed by atoms with E-state index in [1.807, 2.05) is 33.8 Å². The van der Waals surface area contributed by atoms with Crippen LogP contribution in [0.25, 0.3) is 10.4 Å². The third-order valence-electron chi connectivity index (χ3n) is 4.05. The summed E-state index contributed by atoms with van der Waals surface area (Å²) >= 11 is 1.54. The number of halogens is 1. The summed E-state index contributed by atoms with van der Waals surface area (Å²) in [6, 6.07) is 6.83. The topological polar surface area (TPSA) is 29.1 Å². The van der Waals surface area contributed by atoms with Crippen LogP contribution in [0.1, 0.15) is 49.4 Å². The summed E-state index contributed by atoms with van der Waals surface area (Å²) in [7, 11) is 0. The zero-order chi connectivity index (χ0) is 17.0. The molecule has 4 heteroatoms. The summed E-state index contributed by atoms with van der Waals surface area (Å²) in [6.45, 7) is 8.76. The van der Waals surface area contributed by atoms with Crippen LogP contribution in [0.3, 0.4) is 0 Å². The van der Waals surface area contributed by atoms with E-state index in [9.17, 15) is 9.18 Å². The molecule has 0 radical (unpaired) electrons. The van der Waals surface area contributed by atoms with Gasteiger partial charge in [0.2, 0.25) is 0 Å². The molecule has 0 aliphatic carbocycles. The lowest BCUT2D eigenvalue weighted by Crippen LogP contribution is -2.08. The summed E-state index contributed by atoms with van der Waals surface area (Å²) in [5, 5.41) is 3.26. The van der Waals surface area contributed by atoms with Crippen LogP contribution in [-0.4, -0.2) is 12.3 Å². The second-order valence-corrected chi connectivity index (χ2v) is 6.56. The standard InChI is InChI=1S/C17H18FNOS.C2H6/c1-3-10(2)16(20)15-8-11-6-7-19-14-9-12(18)4-5-13(14)17(11)21-15;1-2/h4-5,8-10,19H,3,6-7H2,1-2H3;1-2H3. The zero-order valence-electron chi connectivity index (χ0n) is 14.2. The smallest absolute Gasteiger partial charge is 0.175 e. The summed E-state index contributed by atoms with van der Waals surface area (Å²) in [4.78, 5) is 14.3. The van der Waals surface area contributed by atoms with Gasteiger partial charge in [-0.1, -0.05) is 27.7 Å². The first-order valence-corrected chi connectivity index (χ1v) is 9.12. The van der Waals surface area contributed by atoms with Crippen molar-refractivity contribution in [3.05, 3.63) is 40.5 Å². The van der Waals surface area contributed by atoms with E-state index in [2.05, 4.69) is 5.32 Å². The number of hydrogen-bond donors (Lipinski definition) is 1. The van der Waals surface area contributed by atoms with E-state index in [1.165, 1.54) is 29.0 Å². The lowest BCUT2D eigenvalue weighted by atomic mass is 10.0. The van der Waals surface area contributed by atoms with Crippen LogP contribution >= 0.6 is 11.3 Å². The number of carbonyl (C=O) groups is 1. The highest BCUT2D eigenvalue weighted by molar-refractivity contribution is 7.17. The van der Waals surface area contributed by atoms with Crippen LogP contribution < -0.4 is 5.32 Å². The summed E-state index contributed by atoms with van der Waals surface area (Å²) in [5.74, 6) is 0.0301. The molecule has 1 aliphatic heterocycles. The van der Waals surface area contributed by atoms with Crippen LogP contribution in [0.15, 0.2) is 24.3 Å². The Morgan fingerprint density at radius 1 is 1.35 bits per heavy atom. The Balaban J connectivity index is 0.000000924. The third-order valence-corrected chi connectivity index (χ3v) is 5.27. The van der Waals surface area contributed by atoms with Gasteiger partial charge in [-0.05, 0) is 42.7 Å². The summed E-state index contributed by atoms with van der Waals surface area (Å²) < 4.78 is 13.4. The van der Waals surface area contributed by atoms with Gasteiger partial charge in [-0.25, -0.2) is 4.39 Å². The van der Waals surface area contributed by atoms with Crippen molar-refractivity contribution in [3.8, 4) is 10.4 Å². The normalized spacial score (nSPS) is 13.6. The second-order valence-electron chi connectivity index (χ2n) is 5.51. The van der Waals surface area contributed by atoms with Gasteiger partial charge in [0.15, 0.2) is 5.78 Å². The van der Waals surface area contributed by atoms with Crippen molar-refractivity contribution in [2.24, 2.45) is 5.92 Å². The molecule has 1 aromatic carbocycles. The van der Waals surface area contributed by atoms with E-state index in [4.69, 9.17) is 0 Å². The molecule has 0 saturated heterocycles. The van der Waals surface area contributed by atoms with Gasteiger partial charge < -0.3 is 5.32 Å². The first-order valence-electron chi connectivity index (χ1n) is 8.31. The number of anilines is 1. The zero-order valence-corrected chi connectivity index (χ0v) is 15.0. The molecule has 23 heavy (non-hydrogen) atoms. The predicted octanol–water partition coefficient (Wildman–Crippen LogP) is 5.78. The molecule has 0 bridgehead atoms. The van der Waals surface area contributed by atoms with E-state index in [-0.39, 0.29) is 17.5 Å². The minimum Gasteiger partial charge on any atom is -0.384 e. The number of thiophene rings is 1. The van der Waals surface area contributed by atoms with Crippen molar-refractivity contribution in [1.82, 2.24) is 0 Å². The maximum Gasteiger partial charge on any atom is 0.175 e. The maximum absolute atomic E-state index is 13.4. The number of rotatable bonds is 3. The van der Waals surface area contributed by atoms with Crippen molar-refractivity contribution >= 4 is 22.8 Å². The molecular formula is C19H24FNOS. The van der Waals surface area contributed by atoms with Gasteiger partial charge in [-0.15, -0.1) is 11.3 Å². The molecule has 1 aromatic heterocycles. The molecule has 2 nitrogen and oxygen atoms in total. The Hall–Kier alpha value is -1.68. The number of nitrogens with one attached hydrogen (secondary N) is 1. The second kappa shape index (κ2) is 7.73. The molecular weight excluding hydrogens is 309 g/mol. The Kier molecular flexibility index (Phi) is 5.94. The fourth-order valence-corrected chi connectivity index (χ4v) is 3.89. The third kappa shape index (κ3) is 3.63. The van der Waals surface area contributed by atoms with E-state index in [1.54, 1.807) is 6.07 Å². The van der Waals surface area contributed by atoms with E-state index in [0.717, 1.165) is 40.4 Å². The molecule has 0 spiro atoms. The number of fused-ring (bicyclic) bond motifs is 3. The van der Waals surface area contributed by atoms with E-state index >= 15 is 0 Å². The van der Waals surface area contributed by atoms with Gasteiger partial charge >= 0.3 is 0 Å². The summed E-state index contributed by atoms with van der Waals surface area (Å²) in [6.07, 6.45) is 1.71. The molecule has 3 rings (SSSR count).